The summed E-state index contributed by atoms with van der Waals surface area (Å²) in [6.45, 7) is 2.33. The fourth-order valence-electron chi connectivity index (χ4n) is 6.20. The summed E-state index contributed by atoms with van der Waals surface area (Å²) in [7, 11) is 3.21. The third-order valence-corrected chi connectivity index (χ3v) is 9.49. The maximum atomic E-state index is 14.7. The first-order valence-electron chi connectivity index (χ1n) is 17.6. The Bertz CT molecular complexity index is 1920. The maximum Gasteiger partial charge on any atom is 0.254 e. The minimum atomic E-state index is -0.955. The van der Waals surface area contributed by atoms with E-state index in [2.05, 4.69) is 10.3 Å². The molecule has 9 heteroatoms. The summed E-state index contributed by atoms with van der Waals surface area (Å²) in [5.74, 6) is -1.49. The fraction of sp³-hybridized carbons (Fsp3) is 0.256. The number of hydrogen-bond donors (Lipinski definition) is 2. The number of pyridine rings is 1. The Morgan fingerprint density at radius 1 is 0.731 bits per heavy atom. The number of nitrogens with two attached hydrogens (primary N) is 1. The number of halogens is 1. The van der Waals surface area contributed by atoms with Crippen LogP contribution in [0, 0.1) is 5.82 Å². The highest BCUT2D eigenvalue weighted by molar-refractivity contribution is 5.98. The van der Waals surface area contributed by atoms with Gasteiger partial charge in [0.05, 0.1) is 0 Å². The van der Waals surface area contributed by atoms with Crippen LogP contribution < -0.4 is 11.1 Å². The van der Waals surface area contributed by atoms with Crippen molar-refractivity contribution in [3.8, 4) is 11.1 Å². The van der Waals surface area contributed by atoms with Gasteiger partial charge in [0, 0.05) is 57.5 Å². The van der Waals surface area contributed by atoms with Gasteiger partial charge in [0.15, 0.2) is 0 Å². The number of nitrogens with one attached hydrogen (secondary N) is 1. The molecule has 1 heterocycles. The van der Waals surface area contributed by atoms with Gasteiger partial charge in [-0.15, -0.1) is 0 Å². The number of likely N-dealkylation sites (N-methyl/N-ethyl adjacent to an activating group) is 2. The molecule has 0 bridgehead atoms. The Morgan fingerprint density at radius 2 is 1.35 bits per heavy atom. The van der Waals surface area contributed by atoms with Crippen LogP contribution in [-0.4, -0.2) is 65.2 Å². The zero-order chi connectivity index (χ0) is 37.0. The summed E-state index contributed by atoms with van der Waals surface area (Å²) in [6, 6.07) is 32.6. The Kier molecular flexibility index (Phi) is 13.0. The second-order valence-corrected chi connectivity index (χ2v) is 13.0. The number of nitrogens with zero attached hydrogens (tertiary/aromatic N) is 3. The van der Waals surface area contributed by atoms with Gasteiger partial charge in [-0.05, 0) is 82.6 Å². The summed E-state index contributed by atoms with van der Waals surface area (Å²) in [5.41, 5.74) is 12.2. The van der Waals surface area contributed by atoms with Gasteiger partial charge < -0.3 is 20.9 Å². The van der Waals surface area contributed by atoms with E-state index in [0.29, 0.717) is 30.5 Å². The van der Waals surface area contributed by atoms with Gasteiger partial charge in [-0.1, -0.05) is 85.8 Å². The van der Waals surface area contributed by atoms with Gasteiger partial charge in [-0.2, -0.15) is 0 Å². The standard InChI is InChI=1S/C43H46FN5O3/c1-4-38(45)35-11-8-12-36(29-35)42(51)49(3)40(28-31-13-17-34(18-14-31)33-9-6-5-7-10-33)43(52)48(2)39(27-32-15-19-37(44)20-16-32)41(50)47-26-23-30-21-24-46-25-22-30/h5-22,24-25,29,38-40H,4,23,26-28,45H2,1-3H3,(H,47,50)/t38?,39-,40-/m1/s1. The third-order valence-electron chi connectivity index (χ3n) is 9.49. The van der Waals surface area contributed by atoms with Crippen molar-refractivity contribution in [1.29, 1.82) is 0 Å². The molecular weight excluding hydrogens is 654 g/mol. The maximum absolute atomic E-state index is 14.7. The lowest BCUT2D eigenvalue weighted by atomic mass is 9.97. The molecule has 5 aromatic rings. The van der Waals surface area contributed by atoms with E-state index in [4.69, 9.17) is 5.73 Å². The molecule has 8 nitrogen and oxygen atoms in total. The van der Waals surface area contributed by atoms with E-state index in [1.54, 1.807) is 56.8 Å². The lowest BCUT2D eigenvalue weighted by Crippen LogP contribution is -2.56. The number of amides is 3. The third kappa shape index (κ3) is 9.76. The van der Waals surface area contributed by atoms with E-state index in [1.807, 2.05) is 79.7 Å². The molecule has 0 aliphatic heterocycles. The molecule has 268 valence electrons. The summed E-state index contributed by atoms with van der Waals surface area (Å²) in [5, 5.41) is 2.99. The number of benzene rings is 4. The van der Waals surface area contributed by atoms with E-state index in [1.165, 1.54) is 21.9 Å². The van der Waals surface area contributed by atoms with Gasteiger partial charge >= 0.3 is 0 Å². The van der Waals surface area contributed by atoms with Crippen molar-refractivity contribution in [2.24, 2.45) is 5.73 Å². The lowest BCUT2D eigenvalue weighted by Gasteiger charge is -2.35. The van der Waals surface area contributed by atoms with Crippen LogP contribution in [0.15, 0.2) is 128 Å². The second kappa shape index (κ2) is 18.0. The fourth-order valence-corrected chi connectivity index (χ4v) is 6.20. The molecule has 3 N–H and O–H groups in total. The van der Waals surface area contributed by atoms with E-state index < -0.39 is 23.8 Å². The van der Waals surface area contributed by atoms with Crippen molar-refractivity contribution in [1.82, 2.24) is 20.1 Å². The van der Waals surface area contributed by atoms with Crippen LogP contribution >= 0.6 is 0 Å². The summed E-state index contributed by atoms with van der Waals surface area (Å²) < 4.78 is 13.8. The molecule has 0 saturated heterocycles. The molecule has 1 aromatic heterocycles. The summed E-state index contributed by atoms with van der Waals surface area (Å²) >= 11 is 0. The van der Waals surface area contributed by atoms with Crippen molar-refractivity contribution in [3.63, 3.8) is 0 Å². The largest absolute Gasteiger partial charge is 0.354 e. The quantitative estimate of drug-likeness (QED) is 0.131. The van der Waals surface area contributed by atoms with Crippen LogP contribution in [0.25, 0.3) is 11.1 Å². The Balaban J connectivity index is 1.44. The predicted molar refractivity (Wildman–Crippen MR) is 203 cm³/mol. The van der Waals surface area contributed by atoms with Gasteiger partial charge in [-0.25, -0.2) is 4.39 Å². The second-order valence-electron chi connectivity index (χ2n) is 13.0. The zero-order valence-electron chi connectivity index (χ0n) is 29.9. The Labute approximate surface area is 305 Å². The molecule has 3 amide bonds. The van der Waals surface area contributed by atoms with E-state index in [9.17, 15) is 18.8 Å². The Hall–Kier alpha value is -5.67. The number of carbonyl (C=O) groups is 3. The summed E-state index contributed by atoms with van der Waals surface area (Å²) in [4.78, 5) is 49.6. The monoisotopic (exact) mass is 699 g/mol. The molecule has 0 radical (unpaired) electrons. The topological polar surface area (TPSA) is 109 Å². The van der Waals surface area contributed by atoms with Crippen LogP contribution in [0.3, 0.4) is 0 Å². The molecule has 3 atom stereocenters. The first-order valence-corrected chi connectivity index (χ1v) is 17.6. The van der Waals surface area contributed by atoms with Gasteiger partial charge in [0.1, 0.15) is 17.9 Å². The smallest absolute Gasteiger partial charge is 0.254 e. The SMILES string of the molecule is CCC(N)c1cccc(C(=O)N(C)[C@H](Cc2ccc(-c3ccccc3)cc2)C(=O)N(C)[C@H](Cc2ccc(F)cc2)C(=O)NCCc2ccncc2)c1. The van der Waals surface area contributed by atoms with Gasteiger partial charge in [0.2, 0.25) is 11.8 Å². The number of aromatic nitrogens is 1. The van der Waals surface area contributed by atoms with Crippen molar-refractivity contribution in [2.75, 3.05) is 20.6 Å². The van der Waals surface area contributed by atoms with E-state index in [-0.39, 0.29) is 30.7 Å². The van der Waals surface area contributed by atoms with E-state index >= 15 is 0 Å². The van der Waals surface area contributed by atoms with Crippen LogP contribution in [0.4, 0.5) is 4.39 Å². The normalized spacial score (nSPS) is 12.7. The van der Waals surface area contributed by atoms with Crippen molar-refractivity contribution in [3.05, 3.63) is 161 Å². The molecule has 0 saturated carbocycles. The average Bonchev–Trinajstić information content (AvgIpc) is 3.19. The molecule has 5 rings (SSSR count). The lowest BCUT2D eigenvalue weighted by molar-refractivity contribution is -0.142. The average molecular weight is 700 g/mol. The minimum Gasteiger partial charge on any atom is -0.354 e. The zero-order valence-corrected chi connectivity index (χ0v) is 29.9. The highest BCUT2D eigenvalue weighted by Gasteiger charge is 2.35. The summed E-state index contributed by atoms with van der Waals surface area (Å²) in [6.07, 6.45) is 5.04. The number of carbonyl (C=O) groups excluding carboxylic acids is 3. The van der Waals surface area contributed by atoms with Crippen LogP contribution in [0.2, 0.25) is 0 Å². The van der Waals surface area contributed by atoms with Crippen LogP contribution in [0.5, 0.6) is 0 Å². The van der Waals surface area contributed by atoms with Crippen molar-refractivity contribution in [2.45, 2.75) is 50.7 Å². The van der Waals surface area contributed by atoms with Gasteiger partial charge in [0.25, 0.3) is 5.91 Å². The van der Waals surface area contributed by atoms with E-state index in [0.717, 1.165) is 27.8 Å². The van der Waals surface area contributed by atoms with Crippen molar-refractivity contribution < 1.29 is 18.8 Å². The van der Waals surface area contributed by atoms with Gasteiger partial charge in [-0.3, -0.25) is 19.4 Å². The van der Waals surface area contributed by atoms with Crippen molar-refractivity contribution >= 4 is 17.7 Å². The first-order chi connectivity index (χ1) is 25.1. The number of hydrogen-bond acceptors (Lipinski definition) is 5. The van der Waals surface area contributed by atoms with Crippen LogP contribution in [0.1, 0.15) is 52.0 Å². The molecule has 0 fully saturated rings. The number of rotatable bonds is 15. The minimum absolute atomic E-state index is 0.150. The highest BCUT2D eigenvalue weighted by atomic mass is 19.1. The molecule has 52 heavy (non-hydrogen) atoms. The van der Waals surface area contributed by atoms with Crippen LogP contribution in [-0.2, 0) is 28.9 Å². The molecular formula is C43H46FN5O3. The molecule has 1 unspecified atom stereocenters. The highest BCUT2D eigenvalue weighted by Crippen LogP contribution is 2.23. The molecule has 4 aromatic carbocycles. The molecule has 0 aliphatic rings. The Morgan fingerprint density at radius 3 is 2.00 bits per heavy atom. The first kappa shape index (κ1) is 37.6. The predicted octanol–water partition coefficient (Wildman–Crippen LogP) is 6.41. The molecule has 0 aliphatic carbocycles. The molecule has 0 spiro atoms.